The Bertz CT molecular complexity index is 241. The zero-order chi connectivity index (χ0) is 11.4. The lowest BCUT2D eigenvalue weighted by Crippen LogP contribution is -2.44. The fourth-order valence-corrected chi connectivity index (χ4v) is 2.51. The van der Waals surface area contributed by atoms with Gasteiger partial charge in [-0.3, -0.25) is 9.69 Å². The fourth-order valence-electron chi connectivity index (χ4n) is 2.51. The van der Waals surface area contributed by atoms with Crippen molar-refractivity contribution in [3.05, 3.63) is 0 Å². The molecule has 5 nitrogen and oxygen atoms in total. The zero-order valence-corrected chi connectivity index (χ0v) is 9.60. The van der Waals surface area contributed by atoms with Crippen molar-refractivity contribution in [1.29, 1.82) is 0 Å². The first kappa shape index (κ1) is 11.8. The molecular formula is C11H20N2O3. The average molecular weight is 228 g/mol. The van der Waals surface area contributed by atoms with Gasteiger partial charge in [-0.1, -0.05) is 0 Å². The van der Waals surface area contributed by atoms with Gasteiger partial charge in [-0.25, -0.2) is 0 Å². The summed E-state index contributed by atoms with van der Waals surface area (Å²) in [6.07, 6.45) is 1.43. The van der Waals surface area contributed by atoms with E-state index in [9.17, 15) is 4.79 Å². The first-order valence-corrected chi connectivity index (χ1v) is 6.01. The van der Waals surface area contributed by atoms with Crippen LogP contribution in [0.25, 0.3) is 0 Å². The fraction of sp³-hybridized carbons (Fsp3) is 0.909. The molecule has 1 unspecified atom stereocenters. The summed E-state index contributed by atoms with van der Waals surface area (Å²) in [7, 11) is 0. The predicted octanol–water partition coefficient (Wildman–Crippen LogP) is -0.132. The molecule has 92 valence electrons. The minimum atomic E-state index is -0.699. The number of carboxylic acids is 1. The molecule has 0 aromatic heterocycles. The molecule has 2 saturated heterocycles. The third-order valence-corrected chi connectivity index (χ3v) is 3.45. The number of rotatable bonds is 4. The first-order valence-electron chi connectivity index (χ1n) is 6.01. The Morgan fingerprint density at radius 2 is 2.06 bits per heavy atom. The molecule has 0 saturated carbocycles. The van der Waals surface area contributed by atoms with Crippen LogP contribution in [-0.2, 0) is 9.53 Å². The number of aliphatic carboxylic acids is 1. The van der Waals surface area contributed by atoms with Gasteiger partial charge in [0.15, 0.2) is 0 Å². The second kappa shape index (κ2) is 5.61. The lowest BCUT2D eigenvalue weighted by molar-refractivity contribution is -0.137. The van der Waals surface area contributed by atoms with E-state index in [0.29, 0.717) is 12.6 Å². The van der Waals surface area contributed by atoms with E-state index in [1.165, 1.54) is 6.42 Å². The van der Waals surface area contributed by atoms with E-state index in [4.69, 9.17) is 9.84 Å². The average Bonchev–Trinajstić information content (AvgIpc) is 2.76. The molecule has 0 aromatic rings. The second-order valence-corrected chi connectivity index (χ2v) is 4.54. The Hall–Kier alpha value is -0.650. The quantitative estimate of drug-likeness (QED) is 0.726. The van der Waals surface area contributed by atoms with E-state index in [1.807, 2.05) is 0 Å². The van der Waals surface area contributed by atoms with Crippen LogP contribution >= 0.6 is 0 Å². The maximum absolute atomic E-state index is 10.5. The SMILES string of the molecule is O=C(O)CCN1CCC(N2CCOCC2)C1. The Morgan fingerprint density at radius 1 is 1.31 bits per heavy atom. The van der Waals surface area contributed by atoms with Crippen LogP contribution < -0.4 is 0 Å². The zero-order valence-electron chi connectivity index (χ0n) is 9.60. The van der Waals surface area contributed by atoms with Crippen LogP contribution in [0.15, 0.2) is 0 Å². The molecule has 0 bridgehead atoms. The molecule has 2 aliphatic rings. The highest BCUT2D eigenvalue weighted by Crippen LogP contribution is 2.16. The molecule has 16 heavy (non-hydrogen) atoms. The normalized spacial score (nSPS) is 28.4. The van der Waals surface area contributed by atoms with E-state index in [2.05, 4.69) is 9.80 Å². The summed E-state index contributed by atoms with van der Waals surface area (Å²) in [4.78, 5) is 15.2. The standard InChI is InChI=1S/C11H20N2O3/c14-11(15)2-4-12-3-1-10(9-12)13-5-7-16-8-6-13/h10H,1-9H2,(H,14,15). The van der Waals surface area contributed by atoms with Crippen molar-refractivity contribution in [1.82, 2.24) is 9.80 Å². The van der Waals surface area contributed by atoms with Crippen LogP contribution in [0.2, 0.25) is 0 Å². The van der Waals surface area contributed by atoms with E-state index >= 15 is 0 Å². The minimum Gasteiger partial charge on any atom is -0.481 e. The van der Waals surface area contributed by atoms with Crippen LogP contribution in [-0.4, -0.2) is 72.9 Å². The maximum atomic E-state index is 10.5. The van der Waals surface area contributed by atoms with Gasteiger partial charge in [-0.2, -0.15) is 0 Å². The van der Waals surface area contributed by atoms with Gasteiger partial charge < -0.3 is 14.7 Å². The van der Waals surface area contributed by atoms with Crippen molar-refractivity contribution in [2.45, 2.75) is 18.9 Å². The van der Waals surface area contributed by atoms with Gasteiger partial charge in [-0.15, -0.1) is 0 Å². The Balaban J connectivity index is 1.72. The number of hydrogen-bond donors (Lipinski definition) is 1. The summed E-state index contributed by atoms with van der Waals surface area (Å²) in [5.41, 5.74) is 0. The molecular weight excluding hydrogens is 208 g/mol. The van der Waals surface area contributed by atoms with Gasteiger partial charge in [0.2, 0.25) is 0 Å². The number of carbonyl (C=O) groups is 1. The number of morpholine rings is 1. The van der Waals surface area contributed by atoms with Crippen LogP contribution in [0.4, 0.5) is 0 Å². The summed E-state index contributed by atoms with van der Waals surface area (Å²) in [5.74, 6) is -0.699. The number of carboxylic acid groups (broad SMARTS) is 1. The van der Waals surface area contributed by atoms with Gasteiger partial charge in [0.1, 0.15) is 0 Å². The van der Waals surface area contributed by atoms with Crippen molar-refractivity contribution in [3.8, 4) is 0 Å². The topological polar surface area (TPSA) is 53.0 Å². The second-order valence-electron chi connectivity index (χ2n) is 4.54. The van der Waals surface area contributed by atoms with Crippen LogP contribution in [0.5, 0.6) is 0 Å². The summed E-state index contributed by atoms with van der Waals surface area (Å²) < 4.78 is 5.33. The Morgan fingerprint density at radius 3 is 2.75 bits per heavy atom. The Labute approximate surface area is 96.0 Å². The van der Waals surface area contributed by atoms with Crippen LogP contribution in [0, 0.1) is 0 Å². The largest absolute Gasteiger partial charge is 0.481 e. The molecule has 5 heteroatoms. The number of ether oxygens (including phenoxy) is 1. The molecule has 1 N–H and O–H groups in total. The van der Waals surface area contributed by atoms with Crippen molar-refractivity contribution < 1.29 is 14.6 Å². The number of likely N-dealkylation sites (tertiary alicyclic amines) is 1. The van der Waals surface area contributed by atoms with E-state index in [1.54, 1.807) is 0 Å². The highest BCUT2D eigenvalue weighted by molar-refractivity contribution is 5.66. The maximum Gasteiger partial charge on any atom is 0.304 e. The molecule has 2 aliphatic heterocycles. The van der Waals surface area contributed by atoms with E-state index < -0.39 is 5.97 Å². The molecule has 0 amide bonds. The van der Waals surface area contributed by atoms with Crippen molar-refractivity contribution in [3.63, 3.8) is 0 Å². The molecule has 1 atom stereocenters. The molecule has 2 rings (SSSR count). The van der Waals surface area contributed by atoms with Gasteiger partial charge >= 0.3 is 5.97 Å². The summed E-state index contributed by atoms with van der Waals surface area (Å²) in [6, 6.07) is 0.609. The summed E-state index contributed by atoms with van der Waals surface area (Å²) in [5, 5.41) is 8.63. The summed E-state index contributed by atoms with van der Waals surface area (Å²) >= 11 is 0. The van der Waals surface area contributed by atoms with Gasteiger partial charge in [-0.05, 0) is 13.0 Å². The lowest BCUT2D eigenvalue weighted by Gasteiger charge is -2.32. The van der Waals surface area contributed by atoms with Crippen LogP contribution in [0.3, 0.4) is 0 Å². The van der Waals surface area contributed by atoms with Gasteiger partial charge in [0, 0.05) is 32.2 Å². The number of hydrogen-bond acceptors (Lipinski definition) is 4. The van der Waals surface area contributed by atoms with Crippen molar-refractivity contribution >= 4 is 5.97 Å². The van der Waals surface area contributed by atoms with E-state index in [-0.39, 0.29) is 6.42 Å². The molecule has 0 spiro atoms. The smallest absolute Gasteiger partial charge is 0.304 e. The molecule has 0 aromatic carbocycles. The van der Waals surface area contributed by atoms with Gasteiger partial charge in [0.05, 0.1) is 19.6 Å². The highest BCUT2D eigenvalue weighted by atomic mass is 16.5. The third kappa shape index (κ3) is 3.17. The lowest BCUT2D eigenvalue weighted by atomic mass is 10.2. The highest BCUT2D eigenvalue weighted by Gasteiger charge is 2.28. The Kier molecular flexibility index (Phi) is 4.15. The van der Waals surface area contributed by atoms with Crippen molar-refractivity contribution in [2.24, 2.45) is 0 Å². The monoisotopic (exact) mass is 228 g/mol. The molecule has 0 radical (unpaired) electrons. The molecule has 2 fully saturated rings. The van der Waals surface area contributed by atoms with Crippen LogP contribution in [0.1, 0.15) is 12.8 Å². The predicted molar refractivity (Wildman–Crippen MR) is 59.5 cm³/mol. The van der Waals surface area contributed by atoms with Crippen molar-refractivity contribution in [2.75, 3.05) is 45.9 Å². The first-order chi connectivity index (χ1) is 7.75. The molecule has 2 heterocycles. The van der Waals surface area contributed by atoms with Gasteiger partial charge in [0.25, 0.3) is 0 Å². The minimum absolute atomic E-state index is 0.260. The van der Waals surface area contributed by atoms with E-state index in [0.717, 1.165) is 39.4 Å². The molecule has 0 aliphatic carbocycles. The third-order valence-electron chi connectivity index (χ3n) is 3.45. The number of nitrogens with zero attached hydrogens (tertiary/aromatic N) is 2. The summed E-state index contributed by atoms with van der Waals surface area (Å²) in [6.45, 7) is 6.48.